The minimum Gasteiger partial charge on any atom is -0.366 e. The Morgan fingerprint density at radius 1 is 1.19 bits per heavy atom. The molecule has 2 unspecified atom stereocenters. The van der Waals surface area contributed by atoms with Gasteiger partial charge in [-0.25, -0.2) is 0 Å². The molecule has 1 aliphatic heterocycles. The maximum atomic E-state index is 12.5. The van der Waals surface area contributed by atoms with Gasteiger partial charge in [0, 0.05) is 12.6 Å². The highest BCUT2D eigenvalue weighted by Gasteiger charge is 2.39. The van der Waals surface area contributed by atoms with Crippen molar-refractivity contribution in [2.75, 3.05) is 11.4 Å². The number of hydrogen-bond acceptors (Lipinski definition) is 3. The average Bonchev–Trinajstić information content (AvgIpc) is 3.14. The second-order valence-electron chi connectivity index (χ2n) is 5.88. The largest absolute Gasteiger partial charge is 0.366 e. The van der Waals surface area contributed by atoms with Gasteiger partial charge in [-0.2, -0.15) is 9.78 Å². The number of hydrogen-bond donors (Lipinski definition) is 0. The summed E-state index contributed by atoms with van der Waals surface area (Å²) in [6.45, 7) is 1.00. The number of anilines is 1. The molecule has 2 atom stereocenters. The van der Waals surface area contributed by atoms with Gasteiger partial charge in [-0.1, -0.05) is 29.8 Å². The van der Waals surface area contributed by atoms with Crippen LogP contribution in [0.2, 0.25) is 5.02 Å². The SMILES string of the molecule is O=c1c(Cl)c(N2CC3CCC2C3)cnn1-c1ccccc1. The fourth-order valence-corrected chi connectivity index (χ4v) is 3.83. The molecular formula is C16H16ClN3O. The van der Waals surface area contributed by atoms with Crippen molar-refractivity contribution in [3.8, 4) is 5.69 Å². The number of fused-ring (bicyclic) bond motifs is 2. The first-order valence-corrected chi connectivity index (χ1v) is 7.72. The fourth-order valence-electron chi connectivity index (χ4n) is 3.60. The Labute approximate surface area is 128 Å². The van der Waals surface area contributed by atoms with Crippen molar-refractivity contribution in [3.63, 3.8) is 0 Å². The van der Waals surface area contributed by atoms with Crippen LogP contribution < -0.4 is 10.5 Å². The van der Waals surface area contributed by atoms with Gasteiger partial charge in [-0.05, 0) is 37.3 Å². The predicted octanol–water partition coefficient (Wildman–Crippen LogP) is 2.87. The second kappa shape index (κ2) is 4.88. The molecule has 1 aromatic carbocycles. The minimum absolute atomic E-state index is 0.247. The van der Waals surface area contributed by atoms with Crippen molar-refractivity contribution in [1.29, 1.82) is 0 Å². The standard InChI is InChI=1S/C16H16ClN3O/c17-15-14(19-10-11-6-7-13(19)8-11)9-18-20(16(15)21)12-4-2-1-3-5-12/h1-5,9,11,13H,6-8,10H2. The molecule has 0 N–H and O–H groups in total. The molecule has 0 amide bonds. The third-order valence-electron chi connectivity index (χ3n) is 4.62. The molecule has 1 aliphatic carbocycles. The average molecular weight is 302 g/mol. The van der Waals surface area contributed by atoms with Gasteiger partial charge >= 0.3 is 0 Å². The summed E-state index contributed by atoms with van der Waals surface area (Å²) < 4.78 is 1.36. The Hall–Kier alpha value is -1.81. The van der Waals surface area contributed by atoms with Crippen LogP contribution in [-0.2, 0) is 0 Å². The highest BCUT2D eigenvalue weighted by atomic mass is 35.5. The number of nitrogens with zero attached hydrogens (tertiary/aromatic N) is 3. The number of para-hydroxylation sites is 1. The van der Waals surface area contributed by atoms with E-state index < -0.39 is 0 Å². The molecule has 4 nitrogen and oxygen atoms in total. The zero-order valence-electron chi connectivity index (χ0n) is 11.6. The molecule has 2 heterocycles. The van der Waals surface area contributed by atoms with E-state index in [1.807, 2.05) is 30.3 Å². The second-order valence-corrected chi connectivity index (χ2v) is 6.26. The summed E-state index contributed by atoms with van der Waals surface area (Å²) in [5.41, 5.74) is 1.28. The van der Waals surface area contributed by atoms with Gasteiger partial charge in [0.25, 0.3) is 5.56 Å². The zero-order chi connectivity index (χ0) is 14.4. The molecule has 21 heavy (non-hydrogen) atoms. The van der Waals surface area contributed by atoms with E-state index in [-0.39, 0.29) is 10.6 Å². The van der Waals surface area contributed by atoms with E-state index in [9.17, 15) is 4.79 Å². The number of aromatic nitrogens is 2. The Morgan fingerprint density at radius 2 is 2.00 bits per heavy atom. The number of rotatable bonds is 2. The summed E-state index contributed by atoms with van der Waals surface area (Å²) in [7, 11) is 0. The predicted molar refractivity (Wildman–Crippen MR) is 83.3 cm³/mol. The molecule has 1 saturated carbocycles. The summed E-state index contributed by atoms with van der Waals surface area (Å²) in [4.78, 5) is 14.8. The summed E-state index contributed by atoms with van der Waals surface area (Å²) >= 11 is 6.35. The summed E-state index contributed by atoms with van der Waals surface area (Å²) in [6, 6.07) is 9.90. The quantitative estimate of drug-likeness (QED) is 0.856. The Bertz CT molecular complexity index is 728. The third kappa shape index (κ3) is 2.05. The van der Waals surface area contributed by atoms with Crippen molar-refractivity contribution in [2.24, 2.45) is 5.92 Å². The van der Waals surface area contributed by atoms with E-state index >= 15 is 0 Å². The summed E-state index contributed by atoms with van der Waals surface area (Å²) in [5, 5.41) is 4.59. The van der Waals surface area contributed by atoms with E-state index in [0.29, 0.717) is 6.04 Å². The monoisotopic (exact) mass is 301 g/mol. The van der Waals surface area contributed by atoms with Crippen LogP contribution >= 0.6 is 11.6 Å². The van der Waals surface area contributed by atoms with E-state index in [0.717, 1.165) is 23.8 Å². The van der Waals surface area contributed by atoms with Gasteiger partial charge in [0.2, 0.25) is 0 Å². The van der Waals surface area contributed by atoms with Crippen molar-refractivity contribution >= 4 is 17.3 Å². The molecule has 2 bridgehead atoms. The molecule has 1 aromatic heterocycles. The maximum absolute atomic E-state index is 12.5. The van der Waals surface area contributed by atoms with Gasteiger partial charge in [-0.3, -0.25) is 4.79 Å². The third-order valence-corrected chi connectivity index (χ3v) is 4.98. The first-order chi connectivity index (χ1) is 10.2. The van der Waals surface area contributed by atoms with Crippen LogP contribution in [0.3, 0.4) is 0 Å². The normalized spacial score (nSPS) is 23.8. The summed E-state index contributed by atoms with van der Waals surface area (Å²) in [6.07, 6.45) is 5.45. The lowest BCUT2D eigenvalue weighted by molar-refractivity contribution is 0.552. The molecule has 108 valence electrons. The first-order valence-electron chi connectivity index (χ1n) is 7.34. The molecule has 0 spiro atoms. The molecule has 5 heteroatoms. The van der Waals surface area contributed by atoms with Gasteiger partial charge in [0.15, 0.2) is 0 Å². The molecule has 2 aliphatic rings. The van der Waals surface area contributed by atoms with Crippen molar-refractivity contribution < 1.29 is 0 Å². The fraction of sp³-hybridized carbons (Fsp3) is 0.375. The molecule has 1 saturated heterocycles. The van der Waals surface area contributed by atoms with Gasteiger partial charge in [0.1, 0.15) is 5.02 Å². The number of piperidine rings is 1. The first kappa shape index (κ1) is 12.9. The molecule has 2 fully saturated rings. The zero-order valence-corrected chi connectivity index (χ0v) is 12.3. The molecule has 2 aromatic rings. The number of benzene rings is 1. The highest BCUT2D eigenvalue weighted by molar-refractivity contribution is 6.33. The van der Waals surface area contributed by atoms with Crippen molar-refractivity contribution in [2.45, 2.75) is 25.3 Å². The molecular weight excluding hydrogens is 286 g/mol. The van der Waals surface area contributed by atoms with Crippen molar-refractivity contribution in [3.05, 3.63) is 51.9 Å². The van der Waals surface area contributed by atoms with Crippen LogP contribution in [0.1, 0.15) is 19.3 Å². The lowest BCUT2D eigenvalue weighted by Crippen LogP contribution is -2.34. The van der Waals surface area contributed by atoms with Gasteiger partial charge in [-0.15, -0.1) is 0 Å². The maximum Gasteiger partial charge on any atom is 0.292 e. The molecule has 0 radical (unpaired) electrons. The van der Waals surface area contributed by atoms with E-state index in [4.69, 9.17) is 11.6 Å². The van der Waals surface area contributed by atoms with Crippen LogP contribution in [-0.4, -0.2) is 22.4 Å². The lowest BCUT2D eigenvalue weighted by atomic mass is 10.1. The minimum atomic E-state index is -0.247. The van der Waals surface area contributed by atoms with Crippen molar-refractivity contribution in [1.82, 2.24) is 9.78 Å². The van der Waals surface area contributed by atoms with E-state index in [1.54, 1.807) is 6.20 Å². The Balaban J connectivity index is 1.76. The van der Waals surface area contributed by atoms with E-state index in [2.05, 4.69) is 10.00 Å². The Morgan fingerprint density at radius 3 is 2.67 bits per heavy atom. The lowest BCUT2D eigenvalue weighted by Gasteiger charge is -2.29. The smallest absolute Gasteiger partial charge is 0.292 e. The van der Waals surface area contributed by atoms with Crippen LogP contribution in [0.5, 0.6) is 0 Å². The molecule has 4 rings (SSSR count). The van der Waals surface area contributed by atoms with Gasteiger partial charge in [0.05, 0.1) is 17.6 Å². The van der Waals surface area contributed by atoms with Crippen LogP contribution in [0.25, 0.3) is 5.69 Å². The number of halogens is 1. The summed E-state index contributed by atoms with van der Waals surface area (Å²) in [5.74, 6) is 0.752. The topological polar surface area (TPSA) is 38.1 Å². The van der Waals surface area contributed by atoms with Crippen LogP contribution in [0.15, 0.2) is 41.3 Å². The van der Waals surface area contributed by atoms with Crippen LogP contribution in [0, 0.1) is 5.92 Å². The van der Waals surface area contributed by atoms with Crippen LogP contribution in [0.4, 0.5) is 5.69 Å². The Kier molecular flexibility index (Phi) is 3.00. The van der Waals surface area contributed by atoms with Gasteiger partial charge < -0.3 is 4.90 Å². The highest BCUT2D eigenvalue weighted by Crippen LogP contribution is 2.41. The van der Waals surface area contributed by atoms with E-state index in [1.165, 1.54) is 23.9 Å².